The molecule has 0 radical (unpaired) electrons. The van der Waals surface area contributed by atoms with E-state index in [4.69, 9.17) is 0 Å². The normalized spacial score (nSPS) is 17.1. The molecule has 0 aliphatic carbocycles. The van der Waals surface area contributed by atoms with E-state index in [1.807, 2.05) is 6.92 Å². The molecular weight excluding hydrogens is 292 g/mol. The van der Waals surface area contributed by atoms with Crippen LogP contribution in [0.3, 0.4) is 0 Å². The van der Waals surface area contributed by atoms with Gasteiger partial charge in [0, 0.05) is 51.7 Å². The van der Waals surface area contributed by atoms with Gasteiger partial charge in [0.15, 0.2) is 0 Å². The van der Waals surface area contributed by atoms with Crippen LogP contribution in [0.4, 0.5) is 0 Å². The van der Waals surface area contributed by atoms with E-state index < -0.39 is 9.84 Å². The molecule has 7 nitrogen and oxygen atoms in total. The number of carbonyl (C=O) groups excluding carboxylic acids is 1. The van der Waals surface area contributed by atoms with Gasteiger partial charge in [0.1, 0.15) is 15.5 Å². The maximum atomic E-state index is 12.3. The zero-order chi connectivity index (χ0) is 15.5. The highest BCUT2D eigenvalue weighted by Crippen LogP contribution is 2.07. The Morgan fingerprint density at radius 3 is 2.48 bits per heavy atom. The van der Waals surface area contributed by atoms with E-state index in [9.17, 15) is 13.2 Å². The monoisotopic (exact) mass is 314 g/mol. The molecule has 0 spiro atoms. The van der Waals surface area contributed by atoms with Crippen LogP contribution in [0, 0.1) is 0 Å². The minimum absolute atomic E-state index is 0.0510. The van der Waals surface area contributed by atoms with Crippen molar-refractivity contribution in [2.24, 2.45) is 0 Å². The molecule has 2 heterocycles. The second-order valence-electron chi connectivity index (χ2n) is 5.32. The van der Waals surface area contributed by atoms with Crippen LogP contribution in [0.5, 0.6) is 0 Å². The number of hydrogen-bond acceptors (Lipinski definition) is 5. The zero-order valence-corrected chi connectivity index (χ0v) is 13.3. The molecule has 0 N–H and O–H groups in total. The molecule has 0 atom stereocenters. The minimum Gasteiger partial charge on any atom is -0.335 e. The standard InChI is InChI=1S/C13H22N4O3S/c1-3-17-5-4-12(14-17)13(18)16-8-6-15(7-9-16)10-11-21(2,19)20/h4-5H,3,6-11H2,1-2H3. The van der Waals surface area contributed by atoms with Crippen molar-refractivity contribution in [1.29, 1.82) is 0 Å². The first kappa shape index (κ1) is 16.0. The fraction of sp³-hybridized carbons (Fsp3) is 0.692. The van der Waals surface area contributed by atoms with Crippen LogP contribution in [-0.2, 0) is 16.4 Å². The molecule has 1 aliphatic heterocycles. The van der Waals surface area contributed by atoms with Gasteiger partial charge >= 0.3 is 0 Å². The molecule has 1 saturated heterocycles. The molecule has 1 aromatic rings. The molecule has 0 bridgehead atoms. The van der Waals surface area contributed by atoms with E-state index >= 15 is 0 Å². The first-order valence-corrected chi connectivity index (χ1v) is 9.18. The summed E-state index contributed by atoms with van der Waals surface area (Å²) in [7, 11) is -2.93. The van der Waals surface area contributed by atoms with Gasteiger partial charge in [-0.25, -0.2) is 8.42 Å². The Balaban J connectivity index is 1.84. The highest BCUT2D eigenvalue weighted by Gasteiger charge is 2.23. The Hall–Kier alpha value is -1.41. The third kappa shape index (κ3) is 4.53. The summed E-state index contributed by atoms with van der Waals surface area (Å²) in [6, 6.07) is 1.74. The molecule has 1 amide bonds. The maximum Gasteiger partial charge on any atom is 0.274 e. The molecule has 1 fully saturated rings. The number of hydrogen-bond donors (Lipinski definition) is 0. The number of amides is 1. The van der Waals surface area contributed by atoms with Crippen LogP contribution < -0.4 is 0 Å². The fourth-order valence-electron chi connectivity index (χ4n) is 2.28. The Kier molecular flexibility index (Phi) is 5.00. The molecule has 21 heavy (non-hydrogen) atoms. The van der Waals surface area contributed by atoms with E-state index in [-0.39, 0.29) is 11.7 Å². The summed E-state index contributed by atoms with van der Waals surface area (Å²) in [5, 5.41) is 4.22. The quantitative estimate of drug-likeness (QED) is 0.746. The van der Waals surface area contributed by atoms with Crippen LogP contribution >= 0.6 is 0 Å². The third-order valence-electron chi connectivity index (χ3n) is 3.62. The van der Waals surface area contributed by atoms with Crippen LogP contribution in [0.25, 0.3) is 0 Å². The summed E-state index contributed by atoms with van der Waals surface area (Å²) in [5.74, 6) is 0.118. The molecule has 118 valence electrons. The molecule has 1 aliphatic rings. The first-order valence-electron chi connectivity index (χ1n) is 7.12. The van der Waals surface area contributed by atoms with E-state index in [0.717, 1.165) is 6.54 Å². The summed E-state index contributed by atoms with van der Waals surface area (Å²) in [6.07, 6.45) is 3.05. The van der Waals surface area contributed by atoms with Crippen molar-refractivity contribution in [3.63, 3.8) is 0 Å². The summed E-state index contributed by atoms with van der Waals surface area (Å²) in [5.41, 5.74) is 0.474. The lowest BCUT2D eigenvalue weighted by Crippen LogP contribution is -2.49. The fourth-order valence-corrected chi connectivity index (χ4v) is 2.87. The number of piperazine rings is 1. The van der Waals surface area contributed by atoms with Gasteiger partial charge in [-0.1, -0.05) is 0 Å². The number of rotatable bonds is 5. The van der Waals surface area contributed by atoms with Gasteiger partial charge in [-0.2, -0.15) is 5.10 Å². The average Bonchev–Trinajstić information content (AvgIpc) is 2.93. The highest BCUT2D eigenvalue weighted by atomic mass is 32.2. The smallest absolute Gasteiger partial charge is 0.274 e. The van der Waals surface area contributed by atoms with Crippen LogP contribution in [0.1, 0.15) is 17.4 Å². The maximum absolute atomic E-state index is 12.3. The van der Waals surface area contributed by atoms with Gasteiger partial charge in [-0.05, 0) is 13.0 Å². The minimum atomic E-state index is -2.93. The Morgan fingerprint density at radius 1 is 1.29 bits per heavy atom. The number of aryl methyl sites for hydroxylation is 1. The van der Waals surface area contributed by atoms with Crippen molar-refractivity contribution < 1.29 is 13.2 Å². The highest BCUT2D eigenvalue weighted by molar-refractivity contribution is 7.90. The molecule has 2 rings (SSSR count). The van der Waals surface area contributed by atoms with Crippen LogP contribution in [0.2, 0.25) is 0 Å². The predicted molar refractivity (Wildman–Crippen MR) is 80.0 cm³/mol. The number of sulfone groups is 1. The number of aromatic nitrogens is 2. The summed E-state index contributed by atoms with van der Waals surface area (Å²) >= 11 is 0. The molecule has 0 saturated carbocycles. The van der Waals surface area contributed by atoms with Crippen molar-refractivity contribution in [3.8, 4) is 0 Å². The molecule has 0 unspecified atom stereocenters. The molecule has 8 heteroatoms. The zero-order valence-electron chi connectivity index (χ0n) is 12.5. The first-order chi connectivity index (χ1) is 9.89. The Bertz CT molecular complexity index is 588. The second kappa shape index (κ2) is 6.57. The predicted octanol–water partition coefficient (Wildman–Crippen LogP) is -0.295. The molecule has 0 aromatic carbocycles. The lowest BCUT2D eigenvalue weighted by Gasteiger charge is -2.34. The molecule has 1 aromatic heterocycles. The van der Waals surface area contributed by atoms with Gasteiger partial charge in [-0.3, -0.25) is 14.4 Å². The lowest BCUT2D eigenvalue weighted by molar-refractivity contribution is 0.0637. The summed E-state index contributed by atoms with van der Waals surface area (Å²) in [4.78, 5) is 16.1. The lowest BCUT2D eigenvalue weighted by atomic mass is 10.3. The SMILES string of the molecule is CCn1ccc(C(=O)N2CCN(CCS(C)(=O)=O)CC2)n1. The van der Waals surface area contributed by atoms with Gasteiger partial charge in [0.05, 0.1) is 5.75 Å². The Labute approximate surface area is 125 Å². The average molecular weight is 314 g/mol. The van der Waals surface area contributed by atoms with Crippen molar-refractivity contribution >= 4 is 15.7 Å². The van der Waals surface area contributed by atoms with E-state index in [0.29, 0.717) is 38.4 Å². The summed E-state index contributed by atoms with van der Waals surface area (Å²) < 4.78 is 24.1. The van der Waals surface area contributed by atoms with E-state index in [1.165, 1.54) is 6.26 Å². The van der Waals surface area contributed by atoms with Crippen molar-refractivity contribution in [2.75, 3.05) is 44.7 Å². The van der Waals surface area contributed by atoms with Gasteiger partial charge in [0.25, 0.3) is 5.91 Å². The van der Waals surface area contributed by atoms with Crippen molar-refractivity contribution in [3.05, 3.63) is 18.0 Å². The van der Waals surface area contributed by atoms with E-state index in [1.54, 1.807) is 21.8 Å². The van der Waals surface area contributed by atoms with E-state index in [2.05, 4.69) is 10.00 Å². The largest absolute Gasteiger partial charge is 0.335 e. The number of carbonyl (C=O) groups is 1. The molecular formula is C13H22N4O3S. The summed E-state index contributed by atoms with van der Waals surface area (Å²) in [6.45, 7) is 5.88. The van der Waals surface area contributed by atoms with Crippen molar-refractivity contribution in [1.82, 2.24) is 19.6 Å². The van der Waals surface area contributed by atoms with Crippen molar-refractivity contribution in [2.45, 2.75) is 13.5 Å². The second-order valence-corrected chi connectivity index (χ2v) is 7.58. The third-order valence-corrected chi connectivity index (χ3v) is 4.55. The van der Waals surface area contributed by atoms with Crippen LogP contribution in [-0.4, -0.2) is 78.6 Å². The topological polar surface area (TPSA) is 75.5 Å². The van der Waals surface area contributed by atoms with Gasteiger partial charge in [0.2, 0.25) is 0 Å². The van der Waals surface area contributed by atoms with Crippen LogP contribution in [0.15, 0.2) is 12.3 Å². The Morgan fingerprint density at radius 2 is 1.95 bits per heavy atom. The van der Waals surface area contributed by atoms with Gasteiger partial charge < -0.3 is 4.90 Å². The number of nitrogens with zero attached hydrogens (tertiary/aromatic N) is 4. The van der Waals surface area contributed by atoms with Gasteiger partial charge in [-0.15, -0.1) is 0 Å².